The number of nitrogens with one attached hydrogen (secondary N) is 1. The maximum absolute atomic E-state index is 11.9. The number of carboxylic acid groups (broad SMARTS) is 1. The summed E-state index contributed by atoms with van der Waals surface area (Å²) in [5.41, 5.74) is 1.49. The van der Waals surface area contributed by atoms with Gasteiger partial charge in [-0.1, -0.05) is 0 Å². The minimum Gasteiger partial charge on any atom is -0.478 e. The van der Waals surface area contributed by atoms with E-state index in [0.29, 0.717) is 12.1 Å². The molecule has 0 unspecified atom stereocenters. The lowest BCUT2D eigenvalue weighted by Gasteiger charge is -2.03. The molecule has 0 saturated carbocycles. The van der Waals surface area contributed by atoms with Gasteiger partial charge in [-0.25, -0.2) is 4.79 Å². The molecule has 0 aliphatic carbocycles. The second kappa shape index (κ2) is 6.63. The predicted octanol–water partition coefficient (Wildman–Crippen LogP) is 2.17. The number of carboxylic acids is 1. The van der Waals surface area contributed by atoms with E-state index in [1.165, 1.54) is 17.4 Å². The van der Waals surface area contributed by atoms with E-state index < -0.39 is 5.97 Å². The minimum absolute atomic E-state index is 0.187. The summed E-state index contributed by atoms with van der Waals surface area (Å²) in [5.74, 6) is -1.20. The predicted molar refractivity (Wildman–Crippen MR) is 76.4 cm³/mol. The Kier molecular flexibility index (Phi) is 4.62. The van der Waals surface area contributed by atoms with E-state index in [4.69, 9.17) is 5.11 Å². The molecule has 0 saturated heterocycles. The van der Waals surface area contributed by atoms with Gasteiger partial charge in [0.05, 0.1) is 5.56 Å². The van der Waals surface area contributed by atoms with E-state index >= 15 is 0 Å². The van der Waals surface area contributed by atoms with Crippen LogP contribution >= 0.6 is 11.3 Å². The van der Waals surface area contributed by atoms with Gasteiger partial charge in [0.1, 0.15) is 0 Å². The fraction of sp³-hybridized carbons (Fsp3) is 0.0714. The van der Waals surface area contributed by atoms with Gasteiger partial charge in [-0.15, -0.1) is 11.3 Å². The summed E-state index contributed by atoms with van der Waals surface area (Å²) in [5, 5.41) is 13.0. The van der Waals surface area contributed by atoms with Crippen LogP contribution in [0.2, 0.25) is 0 Å². The Morgan fingerprint density at radius 2 is 2.10 bits per heavy atom. The highest BCUT2D eigenvalue weighted by Crippen LogP contribution is 2.16. The SMILES string of the molecule is O=C(O)C=Cc1cc(C(=O)NCc2ccncc2)cs1. The first-order valence-corrected chi connectivity index (χ1v) is 6.70. The molecule has 20 heavy (non-hydrogen) atoms. The van der Waals surface area contributed by atoms with Crippen LogP contribution in [0.4, 0.5) is 0 Å². The maximum Gasteiger partial charge on any atom is 0.328 e. The van der Waals surface area contributed by atoms with Crippen LogP contribution in [0, 0.1) is 0 Å². The molecule has 1 amide bonds. The van der Waals surface area contributed by atoms with Crippen LogP contribution in [-0.4, -0.2) is 22.0 Å². The van der Waals surface area contributed by atoms with E-state index in [2.05, 4.69) is 10.3 Å². The molecule has 5 nitrogen and oxygen atoms in total. The van der Waals surface area contributed by atoms with Crippen LogP contribution in [0.25, 0.3) is 6.08 Å². The van der Waals surface area contributed by atoms with Gasteiger partial charge in [-0.3, -0.25) is 9.78 Å². The molecule has 0 fully saturated rings. The van der Waals surface area contributed by atoms with E-state index in [0.717, 1.165) is 16.5 Å². The fourth-order valence-corrected chi connectivity index (χ4v) is 2.28. The molecule has 0 bridgehead atoms. The van der Waals surface area contributed by atoms with Crippen molar-refractivity contribution in [2.45, 2.75) is 6.54 Å². The van der Waals surface area contributed by atoms with Gasteiger partial charge in [-0.2, -0.15) is 0 Å². The van der Waals surface area contributed by atoms with Crippen molar-refractivity contribution in [1.82, 2.24) is 10.3 Å². The molecule has 0 aliphatic heterocycles. The number of carbonyl (C=O) groups is 2. The lowest BCUT2D eigenvalue weighted by atomic mass is 10.2. The number of hydrogen-bond donors (Lipinski definition) is 2. The van der Waals surface area contributed by atoms with E-state index in [1.807, 2.05) is 12.1 Å². The third kappa shape index (κ3) is 4.03. The van der Waals surface area contributed by atoms with Crippen molar-refractivity contribution >= 4 is 29.3 Å². The van der Waals surface area contributed by atoms with Crippen molar-refractivity contribution in [3.63, 3.8) is 0 Å². The van der Waals surface area contributed by atoms with E-state index in [1.54, 1.807) is 23.8 Å². The Hall–Kier alpha value is -2.47. The molecule has 2 heterocycles. The van der Waals surface area contributed by atoms with Crippen molar-refractivity contribution in [2.75, 3.05) is 0 Å². The third-order valence-electron chi connectivity index (χ3n) is 2.47. The standard InChI is InChI=1S/C14H12N2O3S/c17-13(18)2-1-12-7-11(9-20-12)14(19)16-8-10-3-5-15-6-4-10/h1-7,9H,8H2,(H,16,19)(H,17,18). The number of aromatic nitrogens is 1. The summed E-state index contributed by atoms with van der Waals surface area (Å²) in [7, 11) is 0. The average Bonchev–Trinajstić information content (AvgIpc) is 2.92. The number of hydrogen-bond acceptors (Lipinski definition) is 4. The van der Waals surface area contributed by atoms with Gasteiger partial charge in [-0.05, 0) is 29.8 Å². The lowest BCUT2D eigenvalue weighted by molar-refractivity contribution is -0.131. The molecule has 2 rings (SSSR count). The lowest BCUT2D eigenvalue weighted by Crippen LogP contribution is -2.22. The first-order valence-electron chi connectivity index (χ1n) is 5.82. The van der Waals surface area contributed by atoms with Crippen molar-refractivity contribution in [3.8, 4) is 0 Å². The van der Waals surface area contributed by atoms with Gasteiger partial charge in [0.15, 0.2) is 0 Å². The number of amides is 1. The molecule has 2 N–H and O–H groups in total. The average molecular weight is 288 g/mol. The summed E-state index contributed by atoms with van der Waals surface area (Å²) in [4.78, 5) is 26.9. The highest BCUT2D eigenvalue weighted by Gasteiger charge is 2.07. The van der Waals surface area contributed by atoms with Gasteiger partial charge >= 0.3 is 5.97 Å². The first-order chi connectivity index (χ1) is 9.65. The Morgan fingerprint density at radius 1 is 1.35 bits per heavy atom. The molecule has 0 atom stereocenters. The molecular formula is C14H12N2O3S. The van der Waals surface area contributed by atoms with E-state index in [9.17, 15) is 9.59 Å². The Labute approximate surface area is 119 Å². The van der Waals surface area contributed by atoms with Crippen LogP contribution in [0.5, 0.6) is 0 Å². The summed E-state index contributed by atoms with van der Waals surface area (Å²) >= 11 is 1.32. The van der Waals surface area contributed by atoms with Gasteiger partial charge in [0.2, 0.25) is 0 Å². The monoisotopic (exact) mass is 288 g/mol. The van der Waals surface area contributed by atoms with Crippen LogP contribution in [-0.2, 0) is 11.3 Å². The second-order valence-electron chi connectivity index (χ2n) is 3.95. The Morgan fingerprint density at radius 3 is 2.80 bits per heavy atom. The zero-order valence-electron chi connectivity index (χ0n) is 10.4. The zero-order chi connectivity index (χ0) is 14.4. The second-order valence-corrected chi connectivity index (χ2v) is 4.89. The van der Waals surface area contributed by atoms with Gasteiger partial charge in [0, 0.05) is 35.3 Å². The van der Waals surface area contributed by atoms with E-state index in [-0.39, 0.29) is 5.91 Å². The summed E-state index contributed by atoms with van der Waals surface area (Å²) in [6, 6.07) is 5.32. The van der Waals surface area contributed by atoms with Crippen LogP contribution in [0.3, 0.4) is 0 Å². The summed E-state index contributed by atoms with van der Waals surface area (Å²) < 4.78 is 0. The minimum atomic E-state index is -1.01. The van der Waals surface area contributed by atoms with Crippen LogP contribution in [0.15, 0.2) is 42.0 Å². The van der Waals surface area contributed by atoms with Crippen molar-refractivity contribution < 1.29 is 14.7 Å². The Balaban J connectivity index is 1.94. The smallest absolute Gasteiger partial charge is 0.328 e. The highest BCUT2D eigenvalue weighted by atomic mass is 32.1. The number of thiophene rings is 1. The molecule has 6 heteroatoms. The van der Waals surface area contributed by atoms with Gasteiger partial charge in [0.25, 0.3) is 5.91 Å². The molecule has 2 aromatic rings. The Bertz CT molecular complexity index is 635. The van der Waals surface area contributed by atoms with Crippen molar-refractivity contribution in [3.05, 3.63) is 58.1 Å². The van der Waals surface area contributed by atoms with Crippen molar-refractivity contribution in [1.29, 1.82) is 0 Å². The molecule has 0 radical (unpaired) electrons. The van der Waals surface area contributed by atoms with Crippen LogP contribution < -0.4 is 5.32 Å². The quantitative estimate of drug-likeness (QED) is 0.826. The zero-order valence-corrected chi connectivity index (χ0v) is 11.3. The molecule has 0 aromatic carbocycles. The normalized spacial score (nSPS) is 10.6. The number of pyridine rings is 1. The topological polar surface area (TPSA) is 79.3 Å². The first kappa shape index (κ1) is 14.0. The molecule has 102 valence electrons. The summed E-state index contributed by atoms with van der Waals surface area (Å²) in [6.45, 7) is 0.428. The highest BCUT2D eigenvalue weighted by molar-refractivity contribution is 7.11. The molecule has 0 spiro atoms. The third-order valence-corrected chi connectivity index (χ3v) is 3.37. The number of aliphatic carboxylic acids is 1. The van der Waals surface area contributed by atoms with Gasteiger partial charge < -0.3 is 10.4 Å². The largest absolute Gasteiger partial charge is 0.478 e. The maximum atomic E-state index is 11.9. The number of carbonyl (C=O) groups excluding carboxylic acids is 1. The summed E-state index contributed by atoms with van der Waals surface area (Å²) in [6.07, 6.45) is 5.85. The molecule has 2 aromatic heterocycles. The van der Waals surface area contributed by atoms with Crippen molar-refractivity contribution in [2.24, 2.45) is 0 Å². The number of nitrogens with zero attached hydrogens (tertiary/aromatic N) is 1. The molecular weight excluding hydrogens is 276 g/mol. The van der Waals surface area contributed by atoms with Crippen LogP contribution in [0.1, 0.15) is 20.8 Å². The fourth-order valence-electron chi connectivity index (χ4n) is 1.50. The number of rotatable bonds is 5. The molecule has 0 aliphatic rings.